The number of carbonyl (C=O) groups excluding carboxylic acids is 1. The van der Waals surface area contributed by atoms with Crippen molar-refractivity contribution in [2.45, 2.75) is 26.4 Å². The normalized spacial score (nSPS) is 12.2. The largest absolute Gasteiger partial charge is 0.394 e. The zero-order valence-corrected chi connectivity index (χ0v) is 15.0. The average molecular weight is 392 g/mol. The molecule has 5 nitrogen and oxygen atoms in total. The first-order valence-electron chi connectivity index (χ1n) is 8.31. The van der Waals surface area contributed by atoms with Crippen LogP contribution in [0.5, 0.6) is 0 Å². The molecule has 2 aromatic carbocycles. The average Bonchev–Trinajstić information content (AvgIpc) is 3.15. The summed E-state index contributed by atoms with van der Waals surface area (Å²) in [7, 11) is 0. The number of aromatic nitrogens is 4. The van der Waals surface area contributed by atoms with Gasteiger partial charge >= 0.3 is 6.18 Å². The van der Waals surface area contributed by atoms with Crippen LogP contribution < -0.4 is 0 Å². The molecule has 0 amide bonds. The van der Waals surface area contributed by atoms with Gasteiger partial charge in [-0.1, -0.05) is 26.0 Å². The highest BCUT2D eigenvalue weighted by Crippen LogP contribution is 2.41. The van der Waals surface area contributed by atoms with Gasteiger partial charge < -0.3 is 0 Å². The smallest absolute Gasteiger partial charge is 0.294 e. The molecule has 0 spiro atoms. The lowest BCUT2D eigenvalue weighted by Crippen LogP contribution is -2.34. The van der Waals surface area contributed by atoms with E-state index in [9.17, 15) is 22.4 Å². The van der Waals surface area contributed by atoms with Crippen LogP contribution in [0.3, 0.4) is 0 Å². The monoisotopic (exact) mass is 392 g/mol. The number of tetrazole rings is 1. The third-order valence-electron chi connectivity index (χ3n) is 4.40. The van der Waals surface area contributed by atoms with Crippen LogP contribution in [0.4, 0.5) is 17.6 Å². The molecule has 0 saturated carbocycles. The van der Waals surface area contributed by atoms with Crippen LogP contribution in [0.25, 0.3) is 16.8 Å². The van der Waals surface area contributed by atoms with Gasteiger partial charge in [-0.2, -0.15) is 13.2 Å². The van der Waals surface area contributed by atoms with Crippen molar-refractivity contribution in [2.75, 3.05) is 0 Å². The molecular formula is C19H16F4N4O. The lowest BCUT2D eigenvalue weighted by molar-refractivity contribution is -0.209. The summed E-state index contributed by atoms with van der Waals surface area (Å²) in [6.07, 6.45) is -3.92. The summed E-state index contributed by atoms with van der Waals surface area (Å²) in [5.41, 5.74) is -0.559. The molecule has 0 fully saturated rings. The Balaban J connectivity index is 2.05. The van der Waals surface area contributed by atoms with Gasteiger partial charge in [0.2, 0.25) is 0 Å². The van der Waals surface area contributed by atoms with Crippen molar-refractivity contribution in [3.63, 3.8) is 0 Å². The van der Waals surface area contributed by atoms with E-state index in [1.54, 1.807) is 6.07 Å². The predicted molar refractivity (Wildman–Crippen MR) is 93.3 cm³/mol. The number of rotatable bonds is 5. The number of alkyl halides is 3. The first kappa shape index (κ1) is 19.7. The van der Waals surface area contributed by atoms with E-state index in [4.69, 9.17) is 0 Å². The number of ketones is 1. The summed E-state index contributed by atoms with van der Waals surface area (Å²) in [5.74, 6) is -1.09. The van der Waals surface area contributed by atoms with Crippen LogP contribution in [0, 0.1) is 11.2 Å². The maximum absolute atomic E-state index is 13.2. The van der Waals surface area contributed by atoms with E-state index in [1.165, 1.54) is 47.4 Å². The minimum absolute atomic E-state index is 0.0876. The second kappa shape index (κ2) is 7.14. The van der Waals surface area contributed by atoms with Crippen molar-refractivity contribution in [3.8, 4) is 16.8 Å². The summed E-state index contributed by atoms with van der Waals surface area (Å²) in [4.78, 5) is 12.6. The van der Waals surface area contributed by atoms with Crippen molar-refractivity contribution >= 4 is 5.78 Å². The van der Waals surface area contributed by atoms with Crippen LogP contribution in [-0.4, -0.2) is 32.2 Å². The summed E-state index contributed by atoms with van der Waals surface area (Å²) < 4.78 is 54.0. The van der Waals surface area contributed by atoms with Gasteiger partial charge in [0.15, 0.2) is 5.78 Å². The number of Topliss-reactive ketones (excluding diaryl/α,β-unsaturated/α-hetero) is 1. The Kier molecular flexibility index (Phi) is 5.01. The highest BCUT2D eigenvalue weighted by Gasteiger charge is 2.48. The zero-order valence-electron chi connectivity index (χ0n) is 15.0. The third-order valence-corrected chi connectivity index (χ3v) is 4.40. The fourth-order valence-electron chi connectivity index (χ4n) is 2.60. The quantitative estimate of drug-likeness (QED) is 0.469. The molecule has 1 aromatic heterocycles. The second-order valence-corrected chi connectivity index (χ2v) is 7.01. The van der Waals surface area contributed by atoms with Gasteiger partial charge in [-0.25, -0.2) is 9.07 Å². The topological polar surface area (TPSA) is 60.7 Å². The fourth-order valence-corrected chi connectivity index (χ4v) is 2.60. The number of benzene rings is 2. The summed E-state index contributed by atoms with van der Waals surface area (Å²) in [6, 6.07) is 10.1. The Morgan fingerprint density at radius 2 is 1.71 bits per heavy atom. The number of nitrogens with zero attached hydrogens (tertiary/aromatic N) is 4. The van der Waals surface area contributed by atoms with Crippen LogP contribution in [-0.2, 0) is 0 Å². The van der Waals surface area contributed by atoms with Gasteiger partial charge in [-0.05, 0) is 51.9 Å². The van der Waals surface area contributed by atoms with Gasteiger partial charge in [0, 0.05) is 12.0 Å². The molecule has 0 unspecified atom stereocenters. The molecule has 9 heteroatoms. The molecule has 1 heterocycles. The SMILES string of the molecule is CC(C)(CC(=O)c1cc(-c2ccc(F)cc2)cc(-n2cnnn2)c1)C(F)(F)F. The Hall–Kier alpha value is -3.10. The Labute approximate surface area is 158 Å². The van der Waals surface area contributed by atoms with Crippen LogP contribution in [0.15, 0.2) is 48.8 Å². The maximum Gasteiger partial charge on any atom is 0.394 e. The molecule has 0 aliphatic carbocycles. The van der Waals surface area contributed by atoms with Crippen molar-refractivity contribution in [1.82, 2.24) is 20.2 Å². The van der Waals surface area contributed by atoms with E-state index in [0.717, 1.165) is 13.8 Å². The number of hydrogen-bond donors (Lipinski definition) is 0. The Bertz CT molecular complexity index is 980. The van der Waals surface area contributed by atoms with E-state index in [-0.39, 0.29) is 5.56 Å². The third kappa shape index (κ3) is 4.08. The first-order chi connectivity index (χ1) is 13.1. The summed E-state index contributed by atoms with van der Waals surface area (Å²) >= 11 is 0. The minimum atomic E-state index is -4.52. The van der Waals surface area contributed by atoms with Crippen LogP contribution in [0.1, 0.15) is 30.6 Å². The van der Waals surface area contributed by atoms with E-state index in [0.29, 0.717) is 16.8 Å². The van der Waals surface area contributed by atoms with Gasteiger partial charge in [0.1, 0.15) is 12.1 Å². The molecule has 3 rings (SSSR count). The molecule has 146 valence electrons. The molecule has 0 bridgehead atoms. The van der Waals surface area contributed by atoms with E-state index in [1.807, 2.05) is 0 Å². The summed E-state index contributed by atoms with van der Waals surface area (Å²) in [6.45, 7) is 1.97. The standard InChI is InChI=1S/C19H16F4N4O/c1-18(2,19(21,22)23)10-17(28)14-7-13(12-3-5-15(20)6-4-12)8-16(9-14)27-11-24-25-26-27/h3-9,11H,10H2,1-2H3. The lowest BCUT2D eigenvalue weighted by atomic mass is 9.84. The summed E-state index contributed by atoms with van der Waals surface area (Å²) in [5, 5.41) is 10.8. The fraction of sp³-hybridized carbons (Fsp3) is 0.263. The van der Waals surface area contributed by atoms with Crippen molar-refractivity contribution in [3.05, 3.63) is 60.2 Å². The van der Waals surface area contributed by atoms with Gasteiger partial charge in [0.05, 0.1) is 11.1 Å². The van der Waals surface area contributed by atoms with Gasteiger partial charge in [-0.3, -0.25) is 4.79 Å². The molecule has 0 N–H and O–H groups in total. The number of carbonyl (C=O) groups is 1. The van der Waals surface area contributed by atoms with E-state index >= 15 is 0 Å². The Morgan fingerprint density at radius 3 is 2.29 bits per heavy atom. The number of halogens is 4. The van der Waals surface area contributed by atoms with E-state index in [2.05, 4.69) is 15.5 Å². The zero-order chi connectivity index (χ0) is 20.5. The van der Waals surface area contributed by atoms with Crippen molar-refractivity contribution in [2.24, 2.45) is 5.41 Å². The van der Waals surface area contributed by atoms with E-state index < -0.39 is 29.6 Å². The molecule has 0 atom stereocenters. The van der Waals surface area contributed by atoms with Crippen LogP contribution in [0.2, 0.25) is 0 Å². The minimum Gasteiger partial charge on any atom is -0.294 e. The molecule has 3 aromatic rings. The molecular weight excluding hydrogens is 376 g/mol. The maximum atomic E-state index is 13.2. The van der Waals surface area contributed by atoms with Crippen molar-refractivity contribution in [1.29, 1.82) is 0 Å². The molecule has 0 aliphatic rings. The first-order valence-corrected chi connectivity index (χ1v) is 8.31. The molecule has 0 saturated heterocycles. The predicted octanol–water partition coefficient (Wildman–Crippen LogP) is 4.63. The lowest BCUT2D eigenvalue weighted by Gasteiger charge is -2.27. The van der Waals surface area contributed by atoms with Gasteiger partial charge in [0.25, 0.3) is 0 Å². The Morgan fingerprint density at radius 1 is 1.04 bits per heavy atom. The molecule has 0 radical (unpaired) electrons. The molecule has 0 aliphatic heterocycles. The molecule has 28 heavy (non-hydrogen) atoms. The van der Waals surface area contributed by atoms with Crippen molar-refractivity contribution < 1.29 is 22.4 Å². The van der Waals surface area contributed by atoms with Crippen LogP contribution >= 0.6 is 0 Å². The highest BCUT2D eigenvalue weighted by molar-refractivity contribution is 5.98. The second-order valence-electron chi connectivity index (χ2n) is 7.01. The highest BCUT2D eigenvalue weighted by atomic mass is 19.4. The van der Waals surface area contributed by atoms with Gasteiger partial charge in [-0.15, -0.1) is 5.10 Å². The number of hydrogen-bond acceptors (Lipinski definition) is 4.